The number of rotatable bonds is 5. The van der Waals surface area contributed by atoms with E-state index in [2.05, 4.69) is 10.0 Å². The summed E-state index contributed by atoms with van der Waals surface area (Å²) in [7, 11) is -3.47. The van der Waals surface area contributed by atoms with Crippen molar-refractivity contribution >= 4 is 15.7 Å². The Balaban J connectivity index is 2.24. The van der Waals surface area contributed by atoms with E-state index in [0.29, 0.717) is 17.1 Å². The van der Waals surface area contributed by atoms with Gasteiger partial charge in [0.1, 0.15) is 4.90 Å². The molecule has 0 saturated heterocycles. The van der Waals surface area contributed by atoms with Gasteiger partial charge in [-0.1, -0.05) is 38.3 Å². The van der Waals surface area contributed by atoms with Gasteiger partial charge in [-0.2, -0.15) is 0 Å². The zero-order valence-electron chi connectivity index (χ0n) is 12.5. The molecule has 1 aliphatic carbocycles. The van der Waals surface area contributed by atoms with Gasteiger partial charge in [-0.3, -0.25) is 0 Å². The number of hydrogen-bond acceptors (Lipinski definition) is 4. The summed E-state index contributed by atoms with van der Waals surface area (Å²) in [5.41, 5.74) is 6.86. The van der Waals surface area contributed by atoms with Crippen molar-refractivity contribution < 1.29 is 8.42 Å². The van der Waals surface area contributed by atoms with E-state index in [9.17, 15) is 8.42 Å². The van der Waals surface area contributed by atoms with Crippen LogP contribution in [-0.2, 0) is 10.0 Å². The Morgan fingerprint density at radius 3 is 2.67 bits per heavy atom. The monoisotopic (exact) mass is 311 g/mol. The lowest BCUT2D eigenvalue weighted by Crippen LogP contribution is -2.39. The van der Waals surface area contributed by atoms with Crippen LogP contribution >= 0.6 is 0 Å². The largest absolute Gasteiger partial charge is 0.380 e. The van der Waals surface area contributed by atoms with Crippen LogP contribution in [0, 0.1) is 0 Å². The lowest BCUT2D eigenvalue weighted by atomic mass is 10.0. The number of sulfonamides is 1. The number of para-hydroxylation sites is 1. The van der Waals surface area contributed by atoms with E-state index >= 15 is 0 Å². The Morgan fingerprint density at radius 1 is 1.19 bits per heavy atom. The molecule has 0 heterocycles. The average Bonchev–Trinajstić information content (AvgIpc) is 2.65. The topological polar surface area (TPSA) is 84.2 Å². The first-order chi connectivity index (χ1) is 10.0. The van der Waals surface area contributed by atoms with E-state index in [0.717, 1.165) is 25.7 Å². The van der Waals surface area contributed by atoms with Gasteiger partial charge in [0.2, 0.25) is 10.0 Å². The van der Waals surface area contributed by atoms with Crippen molar-refractivity contribution in [1.29, 1.82) is 0 Å². The van der Waals surface area contributed by atoms with E-state index in [1.54, 1.807) is 19.1 Å². The molecule has 6 heteroatoms. The zero-order chi connectivity index (χ0) is 15.3. The Morgan fingerprint density at radius 2 is 1.90 bits per heavy atom. The van der Waals surface area contributed by atoms with Crippen LogP contribution in [0.1, 0.15) is 39.0 Å². The first-order valence-electron chi connectivity index (χ1n) is 7.65. The minimum absolute atomic E-state index is 0.0717. The highest BCUT2D eigenvalue weighted by molar-refractivity contribution is 7.89. The zero-order valence-corrected chi connectivity index (χ0v) is 13.3. The molecule has 118 valence electrons. The van der Waals surface area contributed by atoms with Gasteiger partial charge in [0, 0.05) is 18.6 Å². The first kappa shape index (κ1) is 16.3. The second kappa shape index (κ2) is 7.24. The second-order valence-corrected chi connectivity index (χ2v) is 7.29. The number of nitrogens with two attached hydrogens (primary N) is 1. The van der Waals surface area contributed by atoms with Crippen LogP contribution in [0.3, 0.4) is 0 Å². The molecule has 0 aromatic heterocycles. The molecule has 0 amide bonds. The molecular weight excluding hydrogens is 286 g/mol. The van der Waals surface area contributed by atoms with Crippen LogP contribution in [0.25, 0.3) is 0 Å². The predicted molar refractivity (Wildman–Crippen MR) is 85.8 cm³/mol. The van der Waals surface area contributed by atoms with Crippen LogP contribution in [-0.4, -0.2) is 27.0 Å². The van der Waals surface area contributed by atoms with Gasteiger partial charge in [0.25, 0.3) is 0 Å². The van der Waals surface area contributed by atoms with Crippen LogP contribution in [0.2, 0.25) is 0 Å². The van der Waals surface area contributed by atoms with Crippen LogP contribution in [0.4, 0.5) is 5.69 Å². The van der Waals surface area contributed by atoms with Gasteiger partial charge in [-0.15, -0.1) is 0 Å². The summed E-state index contributed by atoms with van der Waals surface area (Å²) in [6, 6.07) is 7.22. The molecule has 0 radical (unpaired) electrons. The number of hydrogen-bond donors (Lipinski definition) is 3. The van der Waals surface area contributed by atoms with E-state index in [-0.39, 0.29) is 12.1 Å². The number of nitrogens with one attached hydrogen (secondary N) is 2. The maximum Gasteiger partial charge on any atom is 0.242 e. The lowest BCUT2D eigenvalue weighted by Gasteiger charge is -2.25. The third-order valence-electron chi connectivity index (χ3n) is 3.92. The Bertz CT molecular complexity index is 560. The van der Waals surface area contributed by atoms with Gasteiger partial charge in [-0.05, 0) is 25.0 Å². The van der Waals surface area contributed by atoms with Crippen molar-refractivity contribution in [2.75, 3.05) is 11.9 Å². The summed E-state index contributed by atoms with van der Waals surface area (Å²) in [6.45, 7) is 2.15. The molecule has 0 bridgehead atoms. The summed E-state index contributed by atoms with van der Waals surface area (Å²) in [4.78, 5) is 0.295. The van der Waals surface area contributed by atoms with Gasteiger partial charge in [-0.25, -0.2) is 13.1 Å². The molecule has 1 aromatic rings. The smallest absolute Gasteiger partial charge is 0.242 e. The average molecular weight is 311 g/mol. The molecule has 1 fully saturated rings. The van der Waals surface area contributed by atoms with Crippen LogP contribution in [0.15, 0.2) is 29.2 Å². The van der Waals surface area contributed by atoms with Crippen LogP contribution in [0.5, 0.6) is 0 Å². The molecule has 2 unspecified atom stereocenters. The van der Waals surface area contributed by atoms with E-state index in [4.69, 9.17) is 5.73 Å². The highest BCUT2D eigenvalue weighted by atomic mass is 32.2. The molecule has 1 saturated carbocycles. The van der Waals surface area contributed by atoms with Crippen molar-refractivity contribution in [1.82, 2.24) is 4.72 Å². The summed E-state index contributed by atoms with van der Waals surface area (Å²) in [5.74, 6) is 0. The van der Waals surface area contributed by atoms with E-state index in [1.165, 1.54) is 6.42 Å². The van der Waals surface area contributed by atoms with Crippen molar-refractivity contribution in [3.8, 4) is 0 Å². The molecule has 1 aliphatic rings. The maximum absolute atomic E-state index is 12.3. The molecular formula is C15H25N3O2S. The predicted octanol–water partition coefficient (Wildman–Crippen LogP) is 2.06. The molecule has 2 atom stereocenters. The van der Waals surface area contributed by atoms with Gasteiger partial charge in [0.15, 0.2) is 0 Å². The number of anilines is 1. The van der Waals surface area contributed by atoms with Gasteiger partial charge >= 0.3 is 0 Å². The molecule has 21 heavy (non-hydrogen) atoms. The van der Waals surface area contributed by atoms with Crippen molar-refractivity contribution in [2.45, 2.75) is 56.0 Å². The lowest BCUT2D eigenvalue weighted by molar-refractivity contribution is 0.527. The SMILES string of the molecule is CCNS(=O)(=O)c1ccccc1NC1CCCCCC1N. The standard InChI is InChI=1S/C15H25N3O2S/c1-2-17-21(19,20)15-11-7-6-10-14(15)18-13-9-5-3-4-8-12(13)16/h6-7,10-13,17-18H,2-5,8-9,16H2,1H3. The molecule has 1 aromatic carbocycles. The molecule has 2 rings (SSSR count). The molecule has 5 nitrogen and oxygen atoms in total. The van der Waals surface area contributed by atoms with Crippen molar-refractivity contribution in [3.63, 3.8) is 0 Å². The van der Waals surface area contributed by atoms with E-state index < -0.39 is 10.0 Å². The van der Waals surface area contributed by atoms with Crippen molar-refractivity contribution in [2.24, 2.45) is 5.73 Å². The summed E-state index contributed by atoms with van der Waals surface area (Å²) in [6.07, 6.45) is 5.45. The minimum atomic E-state index is -3.47. The fourth-order valence-corrected chi connectivity index (χ4v) is 4.01. The second-order valence-electron chi connectivity index (χ2n) is 5.55. The first-order valence-corrected chi connectivity index (χ1v) is 9.13. The summed E-state index contributed by atoms with van der Waals surface area (Å²) < 4.78 is 27.1. The third-order valence-corrected chi connectivity index (χ3v) is 5.52. The van der Waals surface area contributed by atoms with Crippen LogP contribution < -0.4 is 15.8 Å². The quantitative estimate of drug-likeness (QED) is 0.727. The highest BCUT2D eigenvalue weighted by Gasteiger charge is 2.23. The molecule has 0 aliphatic heterocycles. The van der Waals surface area contributed by atoms with Gasteiger partial charge in [0.05, 0.1) is 5.69 Å². The van der Waals surface area contributed by atoms with Crippen molar-refractivity contribution in [3.05, 3.63) is 24.3 Å². The maximum atomic E-state index is 12.3. The van der Waals surface area contributed by atoms with Gasteiger partial charge < -0.3 is 11.1 Å². The molecule has 4 N–H and O–H groups in total. The highest BCUT2D eigenvalue weighted by Crippen LogP contribution is 2.25. The normalized spacial score (nSPS) is 23.5. The molecule has 0 spiro atoms. The summed E-state index contributed by atoms with van der Waals surface area (Å²) >= 11 is 0. The fraction of sp³-hybridized carbons (Fsp3) is 0.600. The fourth-order valence-electron chi connectivity index (χ4n) is 2.80. The Kier molecular flexibility index (Phi) is 5.61. The summed E-state index contributed by atoms with van der Waals surface area (Å²) in [5, 5.41) is 3.36. The number of benzene rings is 1. The van der Waals surface area contributed by atoms with E-state index in [1.807, 2.05) is 12.1 Å². The Hall–Kier alpha value is -1.11. The minimum Gasteiger partial charge on any atom is -0.380 e. The third kappa shape index (κ3) is 4.18. The Labute approximate surface area is 127 Å².